The molecule has 0 spiro atoms. The molecule has 2 aromatic rings. The molecular weight excluding hydrogens is 365 g/mol. The summed E-state index contributed by atoms with van der Waals surface area (Å²) in [6, 6.07) is 4.64. The Kier molecular flexibility index (Phi) is 5.04. The van der Waals surface area contributed by atoms with Crippen molar-refractivity contribution in [1.29, 1.82) is 0 Å². The van der Waals surface area contributed by atoms with E-state index in [4.69, 9.17) is 0 Å². The summed E-state index contributed by atoms with van der Waals surface area (Å²) in [5.41, 5.74) is 0.288. The van der Waals surface area contributed by atoms with Crippen LogP contribution in [0.15, 0.2) is 24.3 Å². The van der Waals surface area contributed by atoms with Crippen molar-refractivity contribution in [2.75, 3.05) is 10.6 Å². The highest BCUT2D eigenvalue weighted by atomic mass is 32.1. The normalized spacial score (nSPS) is 13.8. The summed E-state index contributed by atoms with van der Waals surface area (Å²) in [4.78, 5) is 25.4. The third kappa shape index (κ3) is 4.07. The molecule has 2 N–H and O–H groups in total. The second-order valence-electron chi connectivity index (χ2n) is 6.16. The molecule has 0 unspecified atom stereocenters. The van der Waals surface area contributed by atoms with Crippen molar-refractivity contribution in [3.8, 4) is 0 Å². The standard InChI is InChI=1S/C18H17F3N2O2S/c1-10(24)22-13-7-6-12(18(19,20)21)9-14(13)23-17(25)16-8-11-4-2-3-5-15(11)26-16/h6-9H,2-5H2,1H3,(H,22,24)(H,23,25). The number of halogens is 3. The minimum absolute atomic E-state index is 0.0774. The van der Waals surface area contributed by atoms with Gasteiger partial charge < -0.3 is 10.6 Å². The van der Waals surface area contributed by atoms with Crippen LogP contribution in [-0.2, 0) is 23.8 Å². The molecule has 3 rings (SSSR count). The monoisotopic (exact) mass is 382 g/mol. The van der Waals surface area contributed by atoms with Gasteiger partial charge >= 0.3 is 6.18 Å². The number of hydrogen-bond donors (Lipinski definition) is 2. The number of anilines is 2. The molecule has 1 aromatic carbocycles. The number of hydrogen-bond acceptors (Lipinski definition) is 3. The Labute approximate surface area is 152 Å². The second-order valence-corrected chi connectivity index (χ2v) is 7.30. The van der Waals surface area contributed by atoms with E-state index in [2.05, 4.69) is 10.6 Å². The molecule has 4 nitrogen and oxygen atoms in total. The topological polar surface area (TPSA) is 58.2 Å². The summed E-state index contributed by atoms with van der Waals surface area (Å²) >= 11 is 1.37. The molecule has 26 heavy (non-hydrogen) atoms. The third-order valence-electron chi connectivity index (χ3n) is 4.13. The molecule has 8 heteroatoms. The van der Waals surface area contributed by atoms with Gasteiger partial charge in [0.2, 0.25) is 5.91 Å². The van der Waals surface area contributed by atoms with Gasteiger partial charge in [0.05, 0.1) is 21.8 Å². The number of rotatable bonds is 3. The van der Waals surface area contributed by atoms with Crippen LogP contribution in [0.4, 0.5) is 24.5 Å². The highest BCUT2D eigenvalue weighted by Crippen LogP contribution is 2.35. The predicted molar refractivity (Wildman–Crippen MR) is 94.7 cm³/mol. The Hall–Kier alpha value is -2.35. The highest BCUT2D eigenvalue weighted by molar-refractivity contribution is 7.14. The quantitative estimate of drug-likeness (QED) is 0.797. The number of nitrogens with one attached hydrogen (secondary N) is 2. The number of amides is 2. The molecule has 1 aromatic heterocycles. The molecule has 0 saturated heterocycles. The zero-order valence-corrected chi connectivity index (χ0v) is 14.8. The number of alkyl halides is 3. The first-order chi connectivity index (χ1) is 12.2. The Morgan fingerprint density at radius 3 is 2.42 bits per heavy atom. The van der Waals surface area contributed by atoms with Crippen LogP contribution in [0.1, 0.15) is 45.4 Å². The maximum atomic E-state index is 13.0. The van der Waals surface area contributed by atoms with Crippen LogP contribution < -0.4 is 10.6 Å². The van der Waals surface area contributed by atoms with E-state index in [1.54, 1.807) is 6.07 Å². The van der Waals surface area contributed by atoms with Gasteiger partial charge in [0.15, 0.2) is 0 Å². The van der Waals surface area contributed by atoms with E-state index in [9.17, 15) is 22.8 Å². The molecule has 138 valence electrons. The van der Waals surface area contributed by atoms with E-state index in [0.717, 1.165) is 54.3 Å². The van der Waals surface area contributed by atoms with Gasteiger partial charge in [0.1, 0.15) is 0 Å². The smallest absolute Gasteiger partial charge is 0.325 e. The van der Waals surface area contributed by atoms with Crippen LogP contribution in [0.5, 0.6) is 0 Å². The van der Waals surface area contributed by atoms with Gasteiger partial charge in [-0.25, -0.2) is 0 Å². The number of thiophene rings is 1. The molecule has 0 aliphatic heterocycles. The van der Waals surface area contributed by atoms with Gasteiger partial charge in [-0.3, -0.25) is 9.59 Å². The minimum Gasteiger partial charge on any atom is -0.325 e. The fourth-order valence-electron chi connectivity index (χ4n) is 2.91. The lowest BCUT2D eigenvalue weighted by atomic mass is 9.99. The van der Waals surface area contributed by atoms with Crippen LogP contribution in [-0.4, -0.2) is 11.8 Å². The van der Waals surface area contributed by atoms with Crippen molar-refractivity contribution in [2.24, 2.45) is 0 Å². The van der Waals surface area contributed by atoms with Crippen molar-refractivity contribution in [3.63, 3.8) is 0 Å². The summed E-state index contributed by atoms with van der Waals surface area (Å²) in [6.07, 6.45) is -0.552. The third-order valence-corrected chi connectivity index (χ3v) is 5.36. The van der Waals surface area contributed by atoms with E-state index < -0.39 is 23.6 Å². The maximum absolute atomic E-state index is 13.0. The second kappa shape index (κ2) is 7.11. The average Bonchev–Trinajstić information content (AvgIpc) is 2.99. The van der Waals surface area contributed by atoms with Crippen LogP contribution in [0.2, 0.25) is 0 Å². The Bertz CT molecular complexity index is 835. The van der Waals surface area contributed by atoms with Crippen molar-refractivity contribution in [2.45, 2.75) is 38.8 Å². The fourth-order valence-corrected chi connectivity index (χ4v) is 4.06. The molecule has 1 aliphatic rings. The van der Waals surface area contributed by atoms with E-state index in [1.165, 1.54) is 18.3 Å². The van der Waals surface area contributed by atoms with Crippen LogP contribution >= 0.6 is 11.3 Å². The Morgan fingerprint density at radius 1 is 1.04 bits per heavy atom. The lowest BCUT2D eigenvalue weighted by molar-refractivity contribution is -0.137. The predicted octanol–water partition coefficient (Wildman–Crippen LogP) is 4.86. The van der Waals surface area contributed by atoms with E-state index in [-0.39, 0.29) is 11.4 Å². The Balaban J connectivity index is 1.89. The first kappa shape index (κ1) is 18.4. The largest absolute Gasteiger partial charge is 0.416 e. The summed E-state index contributed by atoms with van der Waals surface area (Å²) in [6.45, 7) is 1.25. The van der Waals surface area contributed by atoms with Crippen LogP contribution in [0, 0.1) is 0 Å². The summed E-state index contributed by atoms with van der Waals surface area (Å²) in [5.74, 6) is -0.915. The first-order valence-electron chi connectivity index (χ1n) is 8.16. The van der Waals surface area contributed by atoms with Crippen molar-refractivity contribution in [1.82, 2.24) is 0 Å². The van der Waals surface area contributed by atoms with Crippen molar-refractivity contribution in [3.05, 3.63) is 45.1 Å². The molecule has 0 atom stereocenters. The van der Waals surface area contributed by atoms with E-state index in [1.807, 2.05) is 0 Å². The molecule has 1 aliphatic carbocycles. The highest BCUT2D eigenvalue weighted by Gasteiger charge is 2.31. The van der Waals surface area contributed by atoms with Crippen molar-refractivity contribution < 1.29 is 22.8 Å². The van der Waals surface area contributed by atoms with Gasteiger partial charge in [-0.05, 0) is 55.5 Å². The molecule has 0 fully saturated rings. The number of fused-ring (bicyclic) bond motifs is 1. The van der Waals surface area contributed by atoms with Gasteiger partial charge in [-0.15, -0.1) is 11.3 Å². The zero-order valence-electron chi connectivity index (χ0n) is 14.0. The molecule has 0 radical (unpaired) electrons. The van der Waals surface area contributed by atoms with Gasteiger partial charge in [0.25, 0.3) is 5.91 Å². The number of carbonyl (C=O) groups is 2. The van der Waals surface area contributed by atoms with E-state index in [0.29, 0.717) is 4.88 Å². The summed E-state index contributed by atoms with van der Waals surface area (Å²) < 4.78 is 38.9. The maximum Gasteiger partial charge on any atom is 0.416 e. The van der Waals surface area contributed by atoms with Gasteiger partial charge in [-0.1, -0.05) is 0 Å². The number of aryl methyl sites for hydroxylation is 2. The molecule has 1 heterocycles. The lowest BCUT2D eigenvalue weighted by Gasteiger charge is -2.14. The van der Waals surface area contributed by atoms with Crippen LogP contribution in [0.3, 0.4) is 0 Å². The SMILES string of the molecule is CC(=O)Nc1ccc(C(F)(F)F)cc1NC(=O)c1cc2c(s1)CCCC2. The number of benzene rings is 1. The molecular formula is C18H17F3N2O2S. The molecule has 0 saturated carbocycles. The summed E-state index contributed by atoms with van der Waals surface area (Å²) in [5, 5.41) is 4.95. The first-order valence-corrected chi connectivity index (χ1v) is 8.97. The van der Waals surface area contributed by atoms with Gasteiger partial charge in [-0.2, -0.15) is 13.2 Å². The van der Waals surface area contributed by atoms with E-state index >= 15 is 0 Å². The fraction of sp³-hybridized carbons (Fsp3) is 0.333. The van der Waals surface area contributed by atoms with Gasteiger partial charge in [0, 0.05) is 11.8 Å². The van der Waals surface area contributed by atoms with Crippen LogP contribution in [0.25, 0.3) is 0 Å². The zero-order chi connectivity index (χ0) is 18.9. The van der Waals surface area contributed by atoms with Crippen molar-refractivity contribution >= 4 is 34.5 Å². The number of carbonyl (C=O) groups excluding carboxylic acids is 2. The minimum atomic E-state index is -4.55. The summed E-state index contributed by atoms with van der Waals surface area (Å²) in [7, 11) is 0. The Morgan fingerprint density at radius 2 is 1.77 bits per heavy atom. The molecule has 2 amide bonds. The molecule has 0 bridgehead atoms. The average molecular weight is 382 g/mol. The lowest BCUT2D eigenvalue weighted by Crippen LogP contribution is -2.15.